The lowest BCUT2D eigenvalue weighted by atomic mass is 9.97. The first-order valence-corrected chi connectivity index (χ1v) is 11.5. The second kappa shape index (κ2) is 7.89. The Hall–Kier alpha value is -2.64. The molecule has 4 heterocycles. The number of piperidine rings is 1. The minimum Gasteiger partial charge on any atom is -0.331 e. The van der Waals surface area contributed by atoms with Crippen LogP contribution in [0.15, 0.2) is 58.4 Å². The van der Waals surface area contributed by atoms with Gasteiger partial charge < -0.3 is 15.1 Å². The average molecular weight is 424 g/mol. The molecule has 5 rings (SSSR count). The van der Waals surface area contributed by atoms with Gasteiger partial charge in [-0.15, -0.1) is 0 Å². The summed E-state index contributed by atoms with van der Waals surface area (Å²) < 4.78 is 0. The summed E-state index contributed by atoms with van der Waals surface area (Å²) >= 11 is 1.59. The summed E-state index contributed by atoms with van der Waals surface area (Å²) in [6, 6.07) is 12.4. The molecule has 1 aromatic heterocycles. The van der Waals surface area contributed by atoms with E-state index < -0.39 is 0 Å². The number of quaternary nitrogens is 1. The van der Waals surface area contributed by atoms with Crippen LogP contribution < -0.4 is 10.2 Å². The van der Waals surface area contributed by atoms with Gasteiger partial charge in [0.05, 0.1) is 36.9 Å². The normalized spacial score (nSPS) is 26.8. The minimum absolute atomic E-state index is 0.0876. The molecular formula is C23H27N4O2S+. The zero-order chi connectivity index (χ0) is 20.7. The molecule has 2 aromatic rings. The molecule has 1 fully saturated rings. The molecule has 0 unspecified atom stereocenters. The third-order valence-corrected chi connectivity index (χ3v) is 7.37. The molecular weight excluding hydrogens is 396 g/mol. The van der Waals surface area contributed by atoms with Crippen LogP contribution >= 0.6 is 11.3 Å². The van der Waals surface area contributed by atoms with E-state index in [9.17, 15) is 9.59 Å². The van der Waals surface area contributed by atoms with Crippen molar-refractivity contribution >= 4 is 23.3 Å². The van der Waals surface area contributed by atoms with Crippen molar-refractivity contribution in [3.05, 3.63) is 69.6 Å². The van der Waals surface area contributed by atoms with Gasteiger partial charge in [0.15, 0.2) is 0 Å². The number of likely N-dealkylation sites (N-methyl/N-ethyl adjacent to an activating group) is 1. The van der Waals surface area contributed by atoms with Crippen LogP contribution in [0.1, 0.15) is 30.0 Å². The highest BCUT2D eigenvalue weighted by Gasteiger charge is 2.45. The summed E-state index contributed by atoms with van der Waals surface area (Å²) in [7, 11) is 1.76. The number of rotatable bonds is 4. The first kappa shape index (κ1) is 19.3. The number of hydrogen-bond acceptors (Lipinski definition) is 3. The van der Waals surface area contributed by atoms with Crippen LogP contribution in [-0.2, 0) is 11.3 Å². The molecule has 3 amide bonds. The van der Waals surface area contributed by atoms with Gasteiger partial charge in [-0.1, -0.05) is 30.3 Å². The molecule has 1 atom stereocenters. The van der Waals surface area contributed by atoms with Crippen LogP contribution in [0.25, 0.3) is 0 Å². The molecule has 1 saturated heterocycles. The van der Waals surface area contributed by atoms with Gasteiger partial charge in [0.25, 0.3) is 5.91 Å². The maximum Gasteiger partial charge on any atom is 0.322 e. The van der Waals surface area contributed by atoms with E-state index in [2.05, 4.69) is 35.6 Å². The second-order valence-electron chi connectivity index (χ2n) is 8.44. The van der Waals surface area contributed by atoms with Gasteiger partial charge in [-0.2, -0.15) is 11.3 Å². The predicted molar refractivity (Wildman–Crippen MR) is 116 cm³/mol. The molecule has 6 nitrogen and oxygen atoms in total. The Morgan fingerprint density at radius 1 is 1.13 bits per heavy atom. The van der Waals surface area contributed by atoms with Gasteiger partial charge in [-0.3, -0.25) is 9.69 Å². The SMILES string of the molecule is CN1C(=O)N[C@H](c2ccsc2)C2=C1CN(C1CC[NH+](Cc3ccccc3)CC1)C2=O. The van der Waals surface area contributed by atoms with Gasteiger partial charge in [-0.05, 0) is 22.4 Å². The molecule has 0 saturated carbocycles. The maximum absolute atomic E-state index is 13.5. The number of urea groups is 1. The quantitative estimate of drug-likeness (QED) is 0.788. The Morgan fingerprint density at radius 2 is 1.90 bits per heavy atom. The van der Waals surface area contributed by atoms with Crippen molar-refractivity contribution in [2.45, 2.75) is 31.5 Å². The monoisotopic (exact) mass is 423 g/mol. The Labute approximate surface area is 180 Å². The number of thiophene rings is 1. The molecule has 2 N–H and O–H groups in total. The highest BCUT2D eigenvalue weighted by atomic mass is 32.1. The fourth-order valence-corrected chi connectivity index (χ4v) is 5.64. The molecule has 0 spiro atoms. The number of amides is 3. The molecule has 0 bridgehead atoms. The van der Waals surface area contributed by atoms with E-state index in [0.29, 0.717) is 6.54 Å². The first-order valence-electron chi connectivity index (χ1n) is 10.6. The van der Waals surface area contributed by atoms with Crippen LogP contribution in [0.5, 0.6) is 0 Å². The standard InChI is InChI=1S/C23H26N4O2S/c1-25-19-14-27(18-7-10-26(11-8-18)13-16-5-3-2-4-6-16)22(28)20(19)21(24-23(25)29)17-9-12-30-15-17/h2-6,9,12,15,18,21H,7-8,10-11,13-14H2,1H3,(H,24,29)/p+1/t21-/m1/s1. The summed E-state index contributed by atoms with van der Waals surface area (Å²) in [6.45, 7) is 3.71. The number of carbonyl (C=O) groups excluding carboxylic acids is 2. The van der Waals surface area contributed by atoms with Gasteiger partial charge in [0.1, 0.15) is 6.54 Å². The number of nitrogens with one attached hydrogen (secondary N) is 2. The van der Waals surface area contributed by atoms with Crippen molar-refractivity contribution in [2.75, 3.05) is 26.7 Å². The van der Waals surface area contributed by atoms with E-state index in [1.807, 2.05) is 21.7 Å². The van der Waals surface area contributed by atoms with Gasteiger partial charge >= 0.3 is 6.03 Å². The van der Waals surface area contributed by atoms with E-state index >= 15 is 0 Å². The Morgan fingerprint density at radius 3 is 2.60 bits per heavy atom. The van der Waals surface area contributed by atoms with E-state index in [0.717, 1.165) is 49.3 Å². The number of hydrogen-bond donors (Lipinski definition) is 2. The third-order valence-electron chi connectivity index (χ3n) is 6.66. The molecule has 0 aliphatic carbocycles. The Bertz CT molecular complexity index is 964. The van der Waals surface area contributed by atoms with Crippen LogP contribution in [0.3, 0.4) is 0 Å². The van der Waals surface area contributed by atoms with Crippen molar-refractivity contribution in [1.82, 2.24) is 15.1 Å². The highest BCUT2D eigenvalue weighted by Crippen LogP contribution is 2.37. The van der Waals surface area contributed by atoms with Crippen molar-refractivity contribution in [3.8, 4) is 0 Å². The molecule has 30 heavy (non-hydrogen) atoms. The topological polar surface area (TPSA) is 57.1 Å². The number of likely N-dealkylation sites (tertiary alicyclic amines) is 1. The third kappa shape index (κ3) is 3.42. The lowest BCUT2D eigenvalue weighted by Crippen LogP contribution is -3.12. The molecule has 156 valence electrons. The molecule has 3 aliphatic heterocycles. The zero-order valence-electron chi connectivity index (χ0n) is 17.1. The van der Waals surface area contributed by atoms with Crippen LogP contribution in [-0.4, -0.2) is 54.5 Å². The average Bonchev–Trinajstić information content (AvgIpc) is 3.41. The fraction of sp³-hybridized carbons (Fsp3) is 0.391. The summed E-state index contributed by atoms with van der Waals surface area (Å²) in [6.07, 6.45) is 2.01. The number of nitrogens with zero attached hydrogens (tertiary/aromatic N) is 2. The lowest BCUT2D eigenvalue weighted by molar-refractivity contribution is -0.919. The fourth-order valence-electron chi connectivity index (χ4n) is 4.96. The van der Waals surface area contributed by atoms with Crippen LogP contribution in [0.4, 0.5) is 4.79 Å². The summed E-state index contributed by atoms with van der Waals surface area (Å²) in [5.74, 6) is 0.0876. The van der Waals surface area contributed by atoms with Crippen molar-refractivity contribution in [3.63, 3.8) is 0 Å². The molecule has 3 aliphatic rings. The van der Waals surface area contributed by atoms with Gasteiger partial charge in [0.2, 0.25) is 0 Å². The van der Waals surface area contributed by atoms with E-state index in [-0.39, 0.29) is 24.0 Å². The van der Waals surface area contributed by atoms with E-state index in [4.69, 9.17) is 0 Å². The molecule has 7 heteroatoms. The zero-order valence-corrected chi connectivity index (χ0v) is 18.0. The predicted octanol–water partition coefficient (Wildman–Crippen LogP) is 1.79. The van der Waals surface area contributed by atoms with Crippen LogP contribution in [0.2, 0.25) is 0 Å². The van der Waals surface area contributed by atoms with Gasteiger partial charge in [0, 0.05) is 31.5 Å². The van der Waals surface area contributed by atoms with Crippen molar-refractivity contribution < 1.29 is 14.5 Å². The lowest BCUT2D eigenvalue weighted by Gasteiger charge is -2.35. The largest absolute Gasteiger partial charge is 0.331 e. The van der Waals surface area contributed by atoms with Crippen molar-refractivity contribution in [1.29, 1.82) is 0 Å². The second-order valence-corrected chi connectivity index (χ2v) is 9.22. The Balaban J connectivity index is 1.29. The maximum atomic E-state index is 13.5. The molecule has 1 aromatic carbocycles. The summed E-state index contributed by atoms with van der Waals surface area (Å²) in [4.78, 5) is 31.2. The smallest absolute Gasteiger partial charge is 0.322 e. The highest BCUT2D eigenvalue weighted by molar-refractivity contribution is 7.08. The molecule has 0 radical (unpaired) electrons. The van der Waals surface area contributed by atoms with E-state index in [1.165, 1.54) is 5.56 Å². The number of benzene rings is 1. The van der Waals surface area contributed by atoms with E-state index in [1.54, 1.807) is 28.2 Å². The first-order chi connectivity index (χ1) is 14.6. The van der Waals surface area contributed by atoms with Crippen molar-refractivity contribution in [2.24, 2.45) is 0 Å². The number of carbonyl (C=O) groups is 2. The minimum atomic E-state index is -0.337. The summed E-state index contributed by atoms with van der Waals surface area (Å²) in [5, 5.41) is 7.02. The Kier molecular flexibility index (Phi) is 5.08. The van der Waals surface area contributed by atoms with Crippen LogP contribution in [0, 0.1) is 0 Å². The summed E-state index contributed by atoms with van der Waals surface area (Å²) in [5.41, 5.74) is 3.96. The van der Waals surface area contributed by atoms with Gasteiger partial charge in [-0.25, -0.2) is 4.79 Å².